The van der Waals surface area contributed by atoms with Crippen LogP contribution in [0.25, 0.3) is 85.9 Å². The van der Waals surface area contributed by atoms with E-state index in [1.54, 1.807) is 12.5 Å². The van der Waals surface area contributed by atoms with Gasteiger partial charge in [-0.1, -0.05) is 97.1 Å². The number of thiophene rings is 1. The molecule has 47 heavy (non-hydrogen) atoms. The van der Waals surface area contributed by atoms with Gasteiger partial charge in [0.2, 0.25) is 0 Å². The van der Waals surface area contributed by atoms with Crippen LogP contribution in [0, 0.1) is 0 Å². The van der Waals surface area contributed by atoms with Crippen molar-refractivity contribution in [1.82, 2.24) is 0 Å². The third-order valence-corrected chi connectivity index (χ3v) is 9.42. The van der Waals surface area contributed by atoms with Crippen molar-refractivity contribution in [3.63, 3.8) is 0 Å². The Morgan fingerprint density at radius 2 is 0.787 bits per heavy atom. The molecule has 228 valence electrons. The fourth-order valence-electron chi connectivity index (χ4n) is 6.48. The van der Waals surface area contributed by atoms with Crippen LogP contribution in [-0.2, 0) is 10.8 Å². The normalized spacial score (nSPS) is 11.6. The van der Waals surface area contributed by atoms with Gasteiger partial charge in [-0.2, -0.15) is 0 Å². The van der Waals surface area contributed by atoms with Crippen molar-refractivity contribution in [2.75, 3.05) is 12.5 Å². The van der Waals surface area contributed by atoms with E-state index in [9.17, 15) is 13.8 Å². The highest BCUT2D eigenvalue weighted by Crippen LogP contribution is 2.41. The zero-order valence-electron chi connectivity index (χ0n) is 25.4. The molecular weight excluding hydrogens is 625 g/mol. The molecule has 3 aromatic heterocycles. The minimum atomic E-state index is -0.611. The Morgan fingerprint density at radius 1 is 0.489 bits per heavy atom. The van der Waals surface area contributed by atoms with E-state index in [4.69, 9.17) is 8.83 Å². The van der Waals surface area contributed by atoms with Crippen molar-refractivity contribution in [2.24, 2.45) is 0 Å². The summed E-state index contributed by atoms with van der Waals surface area (Å²) in [5, 5.41) is 8.73. The predicted molar refractivity (Wildman–Crippen MR) is 197 cm³/mol. The summed E-state index contributed by atoms with van der Waals surface area (Å²) in [4.78, 5) is 27.3. The van der Waals surface area contributed by atoms with Gasteiger partial charge >= 0.3 is 11.3 Å². The first-order valence-corrected chi connectivity index (χ1v) is 17.8. The van der Waals surface area contributed by atoms with Gasteiger partial charge in [0, 0.05) is 43.8 Å². The van der Waals surface area contributed by atoms with E-state index in [0.29, 0.717) is 20.9 Å². The molecule has 0 saturated heterocycles. The Bertz CT molecular complexity index is 2540. The lowest BCUT2D eigenvalue weighted by Gasteiger charge is -2.11. The van der Waals surface area contributed by atoms with Gasteiger partial charge in [0.1, 0.15) is 11.5 Å². The Balaban J connectivity index is 0.000000769. The van der Waals surface area contributed by atoms with Crippen molar-refractivity contribution in [3.05, 3.63) is 142 Å². The number of hydrogen-bond acceptors (Lipinski definition) is 6. The highest BCUT2D eigenvalue weighted by atomic mass is 32.2. The smallest absolute Gasteiger partial charge is 0.345 e. The van der Waals surface area contributed by atoms with Crippen molar-refractivity contribution < 1.29 is 13.0 Å². The summed E-state index contributed by atoms with van der Waals surface area (Å²) in [6.45, 7) is 0. The second-order valence-corrected chi connectivity index (χ2v) is 14.1. The van der Waals surface area contributed by atoms with Crippen LogP contribution in [0.3, 0.4) is 0 Å². The molecule has 0 aliphatic rings. The summed E-state index contributed by atoms with van der Waals surface area (Å²) in [6.07, 6.45) is 3.28. The predicted octanol–water partition coefficient (Wildman–Crippen LogP) is 9.90. The molecule has 0 N–H and O–H groups in total. The molecule has 0 bridgehead atoms. The van der Waals surface area contributed by atoms with E-state index in [-0.39, 0.29) is 10.8 Å². The van der Waals surface area contributed by atoms with E-state index in [1.165, 1.54) is 11.3 Å². The van der Waals surface area contributed by atoms with Crippen LogP contribution in [0.1, 0.15) is 0 Å². The van der Waals surface area contributed by atoms with Gasteiger partial charge in [-0.25, -0.2) is 9.59 Å². The van der Waals surface area contributed by atoms with E-state index < -0.39 is 22.1 Å². The summed E-state index contributed by atoms with van der Waals surface area (Å²) in [5.41, 5.74) is 0.623. The molecule has 9 aromatic rings. The topological polar surface area (TPSA) is 77.5 Å². The Hall–Kier alpha value is -5.37. The van der Waals surface area contributed by atoms with Crippen LogP contribution in [0.4, 0.5) is 0 Å². The van der Waals surface area contributed by atoms with E-state index in [1.807, 2.05) is 84.9 Å². The van der Waals surface area contributed by atoms with Gasteiger partial charge in [0.25, 0.3) is 0 Å². The van der Waals surface area contributed by atoms with Crippen LogP contribution >= 0.6 is 11.3 Å². The molecule has 0 aliphatic heterocycles. The molecule has 0 aliphatic carbocycles. The summed E-state index contributed by atoms with van der Waals surface area (Å²) >= 11 is 1.41. The van der Waals surface area contributed by atoms with E-state index in [2.05, 4.69) is 36.4 Å². The fourth-order valence-corrected chi connectivity index (χ4v) is 7.62. The molecule has 0 radical (unpaired) electrons. The van der Waals surface area contributed by atoms with E-state index >= 15 is 0 Å². The molecule has 9 rings (SSSR count). The second kappa shape index (κ2) is 11.5. The average molecular weight is 651 g/mol. The van der Waals surface area contributed by atoms with Crippen LogP contribution in [0.5, 0.6) is 0 Å². The van der Waals surface area contributed by atoms with Gasteiger partial charge in [0.15, 0.2) is 0 Å². The molecule has 3 heterocycles. The number of rotatable bonds is 2. The zero-order valence-corrected chi connectivity index (χ0v) is 27.0. The number of fused-ring (bicyclic) bond motifs is 7. The lowest BCUT2D eigenvalue weighted by Crippen LogP contribution is -2.05. The quantitative estimate of drug-likeness (QED) is 0.174. The van der Waals surface area contributed by atoms with Crippen LogP contribution in [-0.4, -0.2) is 16.7 Å². The Labute approximate surface area is 274 Å². The van der Waals surface area contributed by atoms with Gasteiger partial charge < -0.3 is 8.83 Å². The average Bonchev–Trinajstić information content (AvgIpc) is 3.45. The summed E-state index contributed by atoms with van der Waals surface area (Å²) in [7, 11) is -0.611. The van der Waals surface area contributed by atoms with Gasteiger partial charge in [-0.15, -0.1) is 11.3 Å². The second-order valence-electron chi connectivity index (χ2n) is 11.5. The maximum atomic E-state index is 13.6. The molecule has 6 aromatic carbocycles. The summed E-state index contributed by atoms with van der Waals surface area (Å²) < 4.78 is 23.0. The Kier molecular flexibility index (Phi) is 7.08. The maximum absolute atomic E-state index is 13.6. The molecule has 0 spiro atoms. The lowest BCUT2D eigenvalue weighted by atomic mass is 9.95. The maximum Gasteiger partial charge on any atom is 0.345 e. The van der Waals surface area contributed by atoms with Crippen LogP contribution in [0.15, 0.2) is 140 Å². The van der Waals surface area contributed by atoms with E-state index in [0.717, 1.165) is 54.2 Å². The van der Waals surface area contributed by atoms with Crippen molar-refractivity contribution >= 4 is 85.4 Å². The largest absolute Gasteiger partial charge is 0.422 e. The van der Waals surface area contributed by atoms with Gasteiger partial charge in [-0.3, -0.25) is 4.21 Å². The van der Waals surface area contributed by atoms with Gasteiger partial charge in [-0.05, 0) is 67.4 Å². The highest BCUT2D eigenvalue weighted by Gasteiger charge is 2.21. The number of benzene rings is 6. The third kappa shape index (κ3) is 4.95. The van der Waals surface area contributed by atoms with Crippen molar-refractivity contribution in [1.29, 1.82) is 0 Å². The molecule has 0 saturated carbocycles. The first-order chi connectivity index (χ1) is 22.9. The number of hydrogen-bond donors (Lipinski definition) is 0. The molecule has 0 fully saturated rings. The summed E-state index contributed by atoms with van der Waals surface area (Å²) in [6, 6.07) is 40.4. The molecule has 7 heteroatoms. The van der Waals surface area contributed by atoms with Crippen LogP contribution < -0.4 is 11.3 Å². The first kappa shape index (κ1) is 29.1. The standard InChI is InChI=1S/C38H20O4S.C2H6OS/c39-37-35-31(19-29(41-37)33-25-13-5-1-9-21(25)17-22-10-2-6-14-26(22)33)43-32-20-30(42-38(40)36(32)35)34-27-15-7-3-11-23(27)18-24-12-4-8-16-28(24)34;1-4(2)3/h1-20H;1-2H3. The fraction of sp³-hybridized carbons (Fsp3) is 0.0500. The summed E-state index contributed by atoms with van der Waals surface area (Å²) in [5.74, 6) is 0.948. The molecule has 0 unspecified atom stereocenters. The molecule has 5 nitrogen and oxygen atoms in total. The highest BCUT2D eigenvalue weighted by molar-refractivity contribution is 7.83. The van der Waals surface area contributed by atoms with Gasteiger partial charge in [0.05, 0.1) is 10.8 Å². The molecular formula is C40H26O5S2. The monoisotopic (exact) mass is 650 g/mol. The third-order valence-electron chi connectivity index (χ3n) is 8.34. The molecule has 0 atom stereocenters. The zero-order chi connectivity index (χ0) is 32.2. The van der Waals surface area contributed by atoms with Crippen molar-refractivity contribution in [2.45, 2.75) is 0 Å². The lowest BCUT2D eigenvalue weighted by molar-refractivity contribution is 0.531. The minimum Gasteiger partial charge on any atom is -0.422 e. The van der Waals surface area contributed by atoms with Crippen molar-refractivity contribution in [3.8, 4) is 22.6 Å². The first-order valence-electron chi connectivity index (χ1n) is 15.0. The SMILES string of the molecule is CS(C)=O.O=c1oc(-c2c3ccccc3cc3ccccc23)cc2sc3cc(-c4c5ccccc5cc5ccccc45)oc(=O)c3c12. The van der Waals surface area contributed by atoms with Crippen LogP contribution in [0.2, 0.25) is 0 Å². The Morgan fingerprint density at radius 3 is 1.11 bits per heavy atom. The molecule has 0 amide bonds. The minimum absolute atomic E-state index is 0.261.